The molecule has 1 fully saturated rings. The van der Waals surface area contributed by atoms with Crippen molar-refractivity contribution in [3.05, 3.63) is 75.3 Å². The summed E-state index contributed by atoms with van der Waals surface area (Å²) in [5.74, 6) is -0.426. The predicted molar refractivity (Wildman–Crippen MR) is 113 cm³/mol. The van der Waals surface area contributed by atoms with Gasteiger partial charge < -0.3 is 5.32 Å². The third-order valence-corrected chi connectivity index (χ3v) is 6.74. The van der Waals surface area contributed by atoms with Gasteiger partial charge in [-0.1, -0.05) is 53.1 Å². The molecule has 28 heavy (non-hydrogen) atoms. The molecule has 2 aromatic rings. The number of halogens is 2. The van der Waals surface area contributed by atoms with Gasteiger partial charge in [-0.05, 0) is 49.2 Å². The summed E-state index contributed by atoms with van der Waals surface area (Å²) < 4.78 is 0. The topological polar surface area (TPSA) is 46.2 Å². The molecule has 0 bridgehead atoms. The summed E-state index contributed by atoms with van der Waals surface area (Å²) in [7, 11) is 0. The number of carbonyl (C=O) groups excluding carboxylic acids is 2. The Kier molecular flexibility index (Phi) is 4.84. The Bertz CT molecular complexity index is 1010. The quantitative estimate of drug-likeness (QED) is 0.621. The van der Waals surface area contributed by atoms with Gasteiger partial charge in [0.25, 0.3) is 0 Å². The van der Waals surface area contributed by atoms with Crippen molar-refractivity contribution < 1.29 is 9.59 Å². The zero-order valence-corrected chi connectivity index (χ0v) is 17.3. The molecule has 1 spiro atoms. The van der Waals surface area contributed by atoms with Gasteiger partial charge in [0.05, 0.1) is 5.41 Å². The minimum atomic E-state index is -0.866. The Morgan fingerprint density at radius 3 is 2.57 bits per heavy atom. The standard InChI is InChI=1S/C23H21Cl2NO2/c1-3-13(2)19-11-17(27)12-20(14-5-4-6-15(24)9-14)23(19)18-8-7-16(25)10-21(18)26-22(23)28/h3-10,19-20H,11-12H2,1-2H3,(H,26,28)/b13-3-/t19-,20+,23-/m1/s1. The lowest BCUT2D eigenvalue weighted by molar-refractivity contribution is -0.130. The number of rotatable bonds is 2. The fraction of sp³-hybridized carbons (Fsp3) is 0.304. The average molecular weight is 414 g/mol. The molecule has 4 rings (SSSR count). The fourth-order valence-electron chi connectivity index (χ4n) is 4.95. The molecule has 1 saturated carbocycles. The monoisotopic (exact) mass is 413 g/mol. The van der Waals surface area contributed by atoms with Crippen LogP contribution in [0.1, 0.15) is 43.7 Å². The van der Waals surface area contributed by atoms with E-state index in [9.17, 15) is 9.59 Å². The molecule has 0 unspecified atom stereocenters. The Labute approximate surface area is 174 Å². The van der Waals surface area contributed by atoms with Crippen LogP contribution < -0.4 is 5.32 Å². The zero-order valence-electron chi connectivity index (χ0n) is 15.8. The first kappa shape index (κ1) is 19.2. The normalized spacial score (nSPS) is 27.1. The van der Waals surface area contributed by atoms with Crippen molar-refractivity contribution in [2.24, 2.45) is 5.92 Å². The number of amides is 1. The first-order valence-electron chi connectivity index (χ1n) is 9.39. The highest BCUT2D eigenvalue weighted by Gasteiger charge is 2.60. The second-order valence-corrected chi connectivity index (χ2v) is 8.53. The van der Waals surface area contributed by atoms with Gasteiger partial charge in [-0.3, -0.25) is 9.59 Å². The fourth-order valence-corrected chi connectivity index (χ4v) is 5.32. The van der Waals surface area contributed by atoms with Crippen LogP contribution in [0, 0.1) is 5.92 Å². The molecule has 0 aromatic heterocycles. The van der Waals surface area contributed by atoms with Crippen LogP contribution in [0.3, 0.4) is 0 Å². The maximum Gasteiger partial charge on any atom is 0.236 e. The Morgan fingerprint density at radius 2 is 1.86 bits per heavy atom. The summed E-state index contributed by atoms with van der Waals surface area (Å²) in [4.78, 5) is 26.4. The molecule has 1 aliphatic carbocycles. The highest BCUT2D eigenvalue weighted by molar-refractivity contribution is 6.31. The summed E-state index contributed by atoms with van der Waals surface area (Å²) >= 11 is 12.5. The lowest BCUT2D eigenvalue weighted by Crippen LogP contribution is -2.51. The van der Waals surface area contributed by atoms with E-state index in [1.807, 2.05) is 50.3 Å². The number of fused-ring (bicyclic) bond motifs is 2. The second-order valence-electron chi connectivity index (χ2n) is 7.65. The van der Waals surface area contributed by atoms with Gasteiger partial charge in [-0.15, -0.1) is 0 Å². The van der Waals surface area contributed by atoms with Crippen LogP contribution in [0.25, 0.3) is 0 Å². The summed E-state index contributed by atoms with van der Waals surface area (Å²) in [6.45, 7) is 3.95. The number of Topliss-reactive ketones (excluding diaryl/α,β-unsaturated/α-hetero) is 1. The highest BCUT2D eigenvalue weighted by atomic mass is 35.5. The number of hydrogen-bond acceptors (Lipinski definition) is 2. The van der Waals surface area contributed by atoms with Gasteiger partial charge in [0.15, 0.2) is 0 Å². The summed E-state index contributed by atoms with van der Waals surface area (Å²) in [5.41, 5.74) is 2.72. The first-order chi connectivity index (χ1) is 13.4. The second kappa shape index (κ2) is 7.06. The number of benzene rings is 2. The van der Waals surface area contributed by atoms with Crippen molar-refractivity contribution in [3.8, 4) is 0 Å². The molecule has 144 valence electrons. The largest absolute Gasteiger partial charge is 0.325 e. The van der Waals surface area contributed by atoms with Gasteiger partial charge in [-0.2, -0.15) is 0 Å². The van der Waals surface area contributed by atoms with Crippen LogP contribution in [-0.4, -0.2) is 11.7 Å². The number of carbonyl (C=O) groups is 2. The van der Waals surface area contributed by atoms with Crippen LogP contribution in [-0.2, 0) is 15.0 Å². The third kappa shape index (κ3) is 2.80. The molecule has 3 atom stereocenters. The SMILES string of the molecule is C/C=C(/C)[C@H]1CC(=O)C[C@@H](c2cccc(Cl)c2)[C@]12C(=O)Nc1cc(Cl)ccc12. The van der Waals surface area contributed by atoms with E-state index in [2.05, 4.69) is 5.32 Å². The maximum absolute atomic E-state index is 13.6. The van der Waals surface area contributed by atoms with E-state index in [0.717, 1.165) is 22.4 Å². The minimum Gasteiger partial charge on any atom is -0.325 e. The van der Waals surface area contributed by atoms with Crippen LogP contribution in [0.4, 0.5) is 5.69 Å². The van der Waals surface area contributed by atoms with Crippen molar-refractivity contribution in [1.82, 2.24) is 0 Å². The Hall–Kier alpha value is -2.10. The summed E-state index contributed by atoms with van der Waals surface area (Å²) in [6, 6.07) is 13.0. The van der Waals surface area contributed by atoms with E-state index >= 15 is 0 Å². The number of hydrogen-bond donors (Lipinski definition) is 1. The minimum absolute atomic E-state index is 0.0755. The number of allylic oxidation sites excluding steroid dienone is 2. The first-order valence-corrected chi connectivity index (χ1v) is 10.1. The maximum atomic E-state index is 13.6. The van der Waals surface area contributed by atoms with Crippen molar-refractivity contribution in [2.75, 3.05) is 5.32 Å². The number of nitrogens with one attached hydrogen (secondary N) is 1. The molecule has 1 heterocycles. The molecule has 1 amide bonds. The molecular weight excluding hydrogens is 393 g/mol. The van der Waals surface area contributed by atoms with Crippen molar-refractivity contribution >= 4 is 40.6 Å². The highest BCUT2D eigenvalue weighted by Crippen LogP contribution is 2.58. The summed E-state index contributed by atoms with van der Waals surface area (Å²) in [5, 5.41) is 4.21. The predicted octanol–water partition coefficient (Wildman–Crippen LogP) is 5.91. The zero-order chi connectivity index (χ0) is 20.1. The molecule has 5 heteroatoms. The van der Waals surface area contributed by atoms with E-state index in [-0.39, 0.29) is 23.5 Å². The van der Waals surface area contributed by atoms with Crippen LogP contribution in [0.5, 0.6) is 0 Å². The Balaban J connectivity index is 2.02. The van der Waals surface area contributed by atoms with Crippen molar-refractivity contribution in [3.63, 3.8) is 0 Å². The van der Waals surface area contributed by atoms with Crippen LogP contribution in [0.2, 0.25) is 10.0 Å². The van der Waals surface area contributed by atoms with E-state index in [1.54, 1.807) is 12.1 Å². The van der Waals surface area contributed by atoms with Crippen LogP contribution >= 0.6 is 23.2 Å². The lowest BCUT2D eigenvalue weighted by Gasteiger charge is -2.46. The molecule has 0 saturated heterocycles. The Morgan fingerprint density at radius 1 is 1.11 bits per heavy atom. The van der Waals surface area contributed by atoms with Gasteiger partial charge in [-0.25, -0.2) is 0 Å². The molecule has 1 N–H and O–H groups in total. The number of anilines is 1. The van der Waals surface area contributed by atoms with Crippen molar-refractivity contribution in [2.45, 2.75) is 38.0 Å². The summed E-state index contributed by atoms with van der Waals surface area (Å²) in [6.07, 6.45) is 2.66. The number of ketones is 1. The van der Waals surface area contributed by atoms with Gasteiger partial charge in [0.1, 0.15) is 5.78 Å². The average Bonchev–Trinajstić information content (AvgIpc) is 2.94. The van der Waals surface area contributed by atoms with E-state index < -0.39 is 5.41 Å². The molecular formula is C23H21Cl2NO2. The molecule has 2 aromatic carbocycles. The molecule has 3 nitrogen and oxygen atoms in total. The molecule has 0 radical (unpaired) electrons. The van der Waals surface area contributed by atoms with Gasteiger partial charge in [0.2, 0.25) is 5.91 Å². The molecule has 2 aliphatic rings. The third-order valence-electron chi connectivity index (χ3n) is 6.27. The van der Waals surface area contributed by atoms with Gasteiger partial charge in [0, 0.05) is 40.4 Å². The van der Waals surface area contributed by atoms with E-state index in [1.165, 1.54) is 0 Å². The molecule has 1 aliphatic heterocycles. The van der Waals surface area contributed by atoms with E-state index in [4.69, 9.17) is 23.2 Å². The van der Waals surface area contributed by atoms with Crippen LogP contribution in [0.15, 0.2) is 54.1 Å². The smallest absolute Gasteiger partial charge is 0.236 e. The van der Waals surface area contributed by atoms with Crippen molar-refractivity contribution in [1.29, 1.82) is 0 Å². The van der Waals surface area contributed by atoms with E-state index in [0.29, 0.717) is 22.9 Å². The van der Waals surface area contributed by atoms with Gasteiger partial charge >= 0.3 is 0 Å². The lowest BCUT2D eigenvalue weighted by atomic mass is 9.54.